The summed E-state index contributed by atoms with van der Waals surface area (Å²) in [6, 6.07) is 4.94. The van der Waals surface area contributed by atoms with Gasteiger partial charge in [-0.3, -0.25) is 4.79 Å². The van der Waals surface area contributed by atoms with Gasteiger partial charge in [-0.05, 0) is 30.2 Å². The molecule has 2 N–H and O–H groups in total. The van der Waals surface area contributed by atoms with Crippen LogP contribution in [0.5, 0.6) is 0 Å². The highest BCUT2D eigenvalue weighted by atomic mass is 79.9. The van der Waals surface area contributed by atoms with Crippen LogP contribution in [-0.4, -0.2) is 17.2 Å². The molecule has 0 saturated carbocycles. The van der Waals surface area contributed by atoms with Crippen LogP contribution < -0.4 is 5.32 Å². The number of aliphatic hydroxyl groups is 1. The van der Waals surface area contributed by atoms with Crippen molar-refractivity contribution in [2.24, 2.45) is 0 Å². The van der Waals surface area contributed by atoms with Crippen molar-refractivity contribution in [1.82, 2.24) is 5.32 Å². The van der Waals surface area contributed by atoms with E-state index in [1.807, 2.05) is 5.32 Å². The number of halogens is 4. The average Bonchev–Trinajstić information content (AvgIpc) is 2.49. The van der Waals surface area contributed by atoms with Crippen LogP contribution in [0.3, 0.4) is 0 Å². The number of nitrogens with one attached hydrogen (secondary N) is 1. The maximum atomic E-state index is 12.3. The Labute approximate surface area is 115 Å². The topological polar surface area (TPSA) is 49.3 Å². The molecule has 0 aliphatic heterocycles. The Balaban J connectivity index is 2.37. The molecule has 0 heterocycles. The number of aliphatic hydroxyl groups excluding tert-OH is 1. The number of amides is 1. The molecule has 1 aromatic carbocycles. The van der Waals surface area contributed by atoms with Crippen LogP contribution in [0.2, 0.25) is 0 Å². The van der Waals surface area contributed by atoms with Gasteiger partial charge in [-0.25, -0.2) is 0 Å². The molecule has 0 aromatic heterocycles. The Morgan fingerprint density at radius 3 is 2.74 bits per heavy atom. The van der Waals surface area contributed by atoms with Gasteiger partial charge in [-0.15, -0.1) is 0 Å². The van der Waals surface area contributed by atoms with Crippen molar-refractivity contribution in [3.63, 3.8) is 0 Å². The number of alkyl halides is 3. The number of rotatable bonds is 1. The second-order valence-corrected chi connectivity index (χ2v) is 5.65. The number of hydrogen-bond acceptors (Lipinski definition) is 2. The van der Waals surface area contributed by atoms with Crippen LogP contribution in [0.1, 0.15) is 30.6 Å². The van der Waals surface area contributed by atoms with Crippen molar-refractivity contribution in [1.29, 1.82) is 0 Å². The van der Waals surface area contributed by atoms with E-state index in [2.05, 4.69) is 15.9 Å². The lowest BCUT2D eigenvalue weighted by atomic mass is 9.94. The largest absolute Gasteiger partial charge is 0.471 e. The van der Waals surface area contributed by atoms with Crippen LogP contribution >= 0.6 is 15.9 Å². The number of hydrogen-bond donors (Lipinski definition) is 2. The summed E-state index contributed by atoms with van der Waals surface area (Å²) in [6.45, 7) is 1.47. The van der Waals surface area contributed by atoms with Crippen LogP contribution in [0.4, 0.5) is 13.2 Å². The summed E-state index contributed by atoms with van der Waals surface area (Å²) in [7, 11) is 0. The number of carbonyl (C=O) groups is 1. The molecule has 1 amide bonds. The highest BCUT2D eigenvalue weighted by Gasteiger charge is 2.47. The van der Waals surface area contributed by atoms with Crippen molar-refractivity contribution in [3.8, 4) is 0 Å². The highest BCUT2D eigenvalue weighted by Crippen LogP contribution is 2.44. The minimum atomic E-state index is -4.94. The van der Waals surface area contributed by atoms with E-state index < -0.39 is 23.7 Å². The molecule has 104 valence electrons. The first kappa shape index (κ1) is 14.3. The number of carbonyl (C=O) groups excluding carboxylic acids is 1. The summed E-state index contributed by atoms with van der Waals surface area (Å²) >= 11 is 3.23. The molecule has 0 radical (unpaired) electrons. The van der Waals surface area contributed by atoms with Gasteiger partial charge >= 0.3 is 12.1 Å². The van der Waals surface area contributed by atoms with E-state index >= 15 is 0 Å². The van der Waals surface area contributed by atoms with Crippen LogP contribution in [0.25, 0.3) is 0 Å². The molecule has 0 bridgehead atoms. The molecule has 1 aliphatic carbocycles. The molecule has 1 aliphatic rings. The standard InChI is InChI=1S/C12H11BrF3NO2/c1-11(17-10(19)12(14,15)16)5-9(18)7-3-2-6(13)4-8(7)11/h2-4,9,18H,5H2,1H3,(H,17,19). The third-order valence-electron chi connectivity index (χ3n) is 3.22. The smallest absolute Gasteiger partial charge is 0.388 e. The van der Waals surface area contributed by atoms with E-state index in [4.69, 9.17) is 0 Å². The van der Waals surface area contributed by atoms with E-state index in [9.17, 15) is 23.1 Å². The van der Waals surface area contributed by atoms with Gasteiger partial charge in [-0.2, -0.15) is 13.2 Å². The Hall–Kier alpha value is -1.08. The Kier molecular flexibility index (Phi) is 3.38. The lowest BCUT2D eigenvalue weighted by Gasteiger charge is -2.27. The van der Waals surface area contributed by atoms with Crippen molar-refractivity contribution in [2.45, 2.75) is 31.2 Å². The third kappa shape index (κ3) is 2.62. The van der Waals surface area contributed by atoms with Gasteiger partial charge in [0.2, 0.25) is 0 Å². The van der Waals surface area contributed by atoms with Crippen LogP contribution in [-0.2, 0) is 10.3 Å². The molecule has 0 fully saturated rings. The van der Waals surface area contributed by atoms with Crippen LogP contribution in [0.15, 0.2) is 22.7 Å². The zero-order chi connectivity index (χ0) is 14.4. The van der Waals surface area contributed by atoms with Gasteiger partial charge in [0.1, 0.15) is 0 Å². The minimum absolute atomic E-state index is 0.0145. The van der Waals surface area contributed by atoms with E-state index in [0.29, 0.717) is 15.6 Å². The fourth-order valence-corrected chi connectivity index (χ4v) is 2.70. The highest BCUT2D eigenvalue weighted by molar-refractivity contribution is 9.10. The Morgan fingerprint density at radius 2 is 2.16 bits per heavy atom. The fourth-order valence-electron chi connectivity index (χ4n) is 2.34. The second-order valence-electron chi connectivity index (χ2n) is 4.74. The first-order chi connectivity index (χ1) is 8.63. The molecule has 2 rings (SSSR count). The summed E-state index contributed by atoms with van der Waals surface area (Å²) in [6.07, 6.45) is -5.81. The maximum absolute atomic E-state index is 12.3. The molecule has 2 unspecified atom stereocenters. The molecule has 0 saturated heterocycles. The normalized spacial score (nSPS) is 26.1. The minimum Gasteiger partial charge on any atom is -0.388 e. The van der Waals surface area contributed by atoms with E-state index in [-0.39, 0.29) is 6.42 Å². The zero-order valence-electron chi connectivity index (χ0n) is 9.88. The van der Waals surface area contributed by atoms with Crippen molar-refractivity contribution in [2.75, 3.05) is 0 Å². The number of fused-ring (bicyclic) bond motifs is 1. The second kappa shape index (κ2) is 4.49. The first-order valence-electron chi connectivity index (χ1n) is 5.51. The summed E-state index contributed by atoms with van der Waals surface area (Å²) in [5, 5.41) is 11.8. The quantitative estimate of drug-likeness (QED) is 0.827. The summed E-state index contributed by atoms with van der Waals surface area (Å²) in [5.74, 6) is -2.00. The third-order valence-corrected chi connectivity index (χ3v) is 3.71. The van der Waals surface area contributed by atoms with E-state index in [1.54, 1.807) is 18.2 Å². The number of benzene rings is 1. The Morgan fingerprint density at radius 1 is 1.53 bits per heavy atom. The summed E-state index contributed by atoms with van der Waals surface area (Å²) in [5.41, 5.74) is -0.203. The van der Waals surface area contributed by atoms with Crippen molar-refractivity contribution in [3.05, 3.63) is 33.8 Å². The van der Waals surface area contributed by atoms with Crippen LogP contribution in [0, 0.1) is 0 Å². The molecule has 2 atom stereocenters. The zero-order valence-corrected chi connectivity index (χ0v) is 11.5. The van der Waals surface area contributed by atoms with E-state index in [1.165, 1.54) is 6.92 Å². The maximum Gasteiger partial charge on any atom is 0.471 e. The van der Waals surface area contributed by atoms with Gasteiger partial charge in [0.15, 0.2) is 0 Å². The summed E-state index contributed by atoms with van der Waals surface area (Å²) < 4.78 is 37.7. The average molecular weight is 338 g/mol. The molecule has 3 nitrogen and oxygen atoms in total. The Bertz CT molecular complexity index is 532. The van der Waals surface area contributed by atoms with E-state index in [0.717, 1.165) is 0 Å². The van der Waals surface area contributed by atoms with Crippen molar-refractivity contribution >= 4 is 21.8 Å². The molecule has 0 spiro atoms. The molecule has 1 aromatic rings. The SMILES string of the molecule is CC1(NC(=O)C(F)(F)F)CC(O)c2ccc(Br)cc21. The molecular formula is C12H11BrF3NO2. The van der Waals surface area contributed by atoms with Gasteiger partial charge in [0.25, 0.3) is 0 Å². The fraction of sp³-hybridized carbons (Fsp3) is 0.417. The molecular weight excluding hydrogens is 327 g/mol. The predicted molar refractivity (Wildman–Crippen MR) is 65.3 cm³/mol. The predicted octanol–water partition coefficient (Wildman–Crippen LogP) is 2.78. The molecule has 7 heteroatoms. The lowest BCUT2D eigenvalue weighted by Crippen LogP contribution is -2.48. The van der Waals surface area contributed by atoms with Gasteiger partial charge in [0.05, 0.1) is 11.6 Å². The summed E-state index contributed by atoms with van der Waals surface area (Å²) in [4.78, 5) is 11.1. The van der Waals surface area contributed by atoms with Gasteiger partial charge < -0.3 is 10.4 Å². The first-order valence-corrected chi connectivity index (χ1v) is 6.30. The molecule has 19 heavy (non-hydrogen) atoms. The van der Waals surface area contributed by atoms with Gasteiger partial charge in [0, 0.05) is 10.9 Å². The lowest BCUT2D eigenvalue weighted by molar-refractivity contribution is -0.175. The van der Waals surface area contributed by atoms with Crippen molar-refractivity contribution < 1.29 is 23.1 Å². The van der Waals surface area contributed by atoms with Gasteiger partial charge in [-0.1, -0.05) is 22.0 Å². The monoisotopic (exact) mass is 337 g/mol.